The van der Waals surface area contributed by atoms with Gasteiger partial charge in [-0.15, -0.1) is 10.2 Å². The molecule has 9 heteroatoms. The monoisotopic (exact) mass is 262 g/mol. The van der Waals surface area contributed by atoms with Gasteiger partial charge < -0.3 is 0 Å². The highest BCUT2D eigenvalue weighted by atomic mass is 32.2. The Morgan fingerprint density at radius 3 is 2.62 bits per heavy atom. The minimum Gasteiger partial charge on any atom is -0.285 e. The lowest BCUT2D eigenvalue weighted by Crippen LogP contribution is -2.32. The molecule has 0 aliphatic carbocycles. The molecule has 1 aliphatic rings. The molecule has 1 unspecified atom stereocenters. The summed E-state index contributed by atoms with van der Waals surface area (Å²) in [5, 5.41) is 12.9. The van der Waals surface area contributed by atoms with Crippen molar-refractivity contribution in [3.05, 3.63) is 5.01 Å². The molecule has 2 heterocycles. The number of rotatable bonds is 2. The summed E-state index contributed by atoms with van der Waals surface area (Å²) in [5.74, 6) is -0.282. The summed E-state index contributed by atoms with van der Waals surface area (Å²) < 4.78 is 22.3. The maximum Gasteiger partial charge on any atom is 0.230 e. The molecule has 0 saturated carbocycles. The van der Waals surface area contributed by atoms with Crippen LogP contribution in [-0.4, -0.2) is 36.3 Å². The molecule has 2 rings (SSSR count). The summed E-state index contributed by atoms with van der Waals surface area (Å²) in [7, 11) is -3.68. The van der Waals surface area contributed by atoms with Crippen molar-refractivity contribution in [2.45, 2.75) is 18.6 Å². The Balaban J connectivity index is 2.24. The quantitative estimate of drug-likeness (QED) is 0.754. The lowest BCUT2D eigenvalue weighted by atomic mass is 10.4. The van der Waals surface area contributed by atoms with Gasteiger partial charge in [0.05, 0.1) is 0 Å². The maximum absolute atomic E-state index is 11.6. The van der Waals surface area contributed by atoms with Crippen molar-refractivity contribution in [2.75, 3.05) is 11.4 Å². The van der Waals surface area contributed by atoms with Gasteiger partial charge in [-0.3, -0.25) is 9.69 Å². The maximum atomic E-state index is 11.6. The highest BCUT2D eigenvalue weighted by Gasteiger charge is 2.38. The second-order valence-corrected chi connectivity index (χ2v) is 6.53. The predicted octanol–water partition coefficient (Wildman–Crippen LogP) is -0.760. The molecule has 1 atom stereocenters. The highest BCUT2D eigenvalue weighted by Crippen LogP contribution is 2.26. The first kappa shape index (κ1) is 11.4. The van der Waals surface area contributed by atoms with Crippen LogP contribution in [0.1, 0.15) is 11.4 Å². The van der Waals surface area contributed by atoms with E-state index in [1.807, 2.05) is 0 Å². The van der Waals surface area contributed by atoms with Crippen molar-refractivity contribution in [3.63, 3.8) is 0 Å². The van der Waals surface area contributed by atoms with Gasteiger partial charge >= 0.3 is 0 Å². The molecule has 1 aromatic heterocycles. The molecule has 1 aromatic rings. The van der Waals surface area contributed by atoms with Crippen molar-refractivity contribution in [1.29, 1.82) is 0 Å². The van der Waals surface area contributed by atoms with Gasteiger partial charge in [0.2, 0.25) is 21.1 Å². The van der Waals surface area contributed by atoms with E-state index >= 15 is 0 Å². The molecule has 0 aromatic carbocycles. The molecule has 1 aliphatic heterocycles. The fourth-order valence-electron chi connectivity index (χ4n) is 1.47. The first-order valence-electron chi connectivity index (χ1n) is 4.50. The summed E-state index contributed by atoms with van der Waals surface area (Å²) in [6, 6.07) is 0. The Morgan fingerprint density at radius 1 is 1.50 bits per heavy atom. The molecule has 0 spiro atoms. The Kier molecular flexibility index (Phi) is 2.68. The Labute approximate surface area is 96.3 Å². The highest BCUT2D eigenvalue weighted by molar-refractivity contribution is 7.89. The van der Waals surface area contributed by atoms with E-state index < -0.39 is 15.3 Å². The lowest BCUT2D eigenvalue weighted by molar-refractivity contribution is -0.117. The van der Waals surface area contributed by atoms with Crippen molar-refractivity contribution < 1.29 is 13.2 Å². The van der Waals surface area contributed by atoms with Crippen LogP contribution in [0.3, 0.4) is 0 Å². The molecule has 1 amide bonds. The third-order valence-electron chi connectivity index (χ3n) is 2.30. The largest absolute Gasteiger partial charge is 0.285 e. The van der Waals surface area contributed by atoms with Crippen molar-refractivity contribution in [2.24, 2.45) is 5.14 Å². The van der Waals surface area contributed by atoms with Crippen LogP contribution >= 0.6 is 11.3 Å². The van der Waals surface area contributed by atoms with Gasteiger partial charge in [0.15, 0.2) is 0 Å². The van der Waals surface area contributed by atoms with Crippen LogP contribution in [0.2, 0.25) is 0 Å². The standard InChI is InChI=1S/C7H10N4O3S2/c1-4-9-10-7(15-4)11-3-5(2-6(11)12)16(8,13)14/h5H,2-3H2,1H3,(H2,8,13,14). The van der Waals surface area contributed by atoms with Gasteiger partial charge in [-0.25, -0.2) is 13.6 Å². The van der Waals surface area contributed by atoms with Gasteiger partial charge in [0, 0.05) is 13.0 Å². The van der Waals surface area contributed by atoms with E-state index in [0.29, 0.717) is 5.13 Å². The van der Waals surface area contributed by atoms with Crippen LogP contribution in [0.5, 0.6) is 0 Å². The molecule has 7 nitrogen and oxygen atoms in total. The zero-order chi connectivity index (χ0) is 11.9. The number of carbonyl (C=O) groups is 1. The second-order valence-electron chi connectivity index (χ2n) is 3.52. The van der Waals surface area contributed by atoms with E-state index in [2.05, 4.69) is 10.2 Å². The topological polar surface area (TPSA) is 106 Å². The molecular formula is C7H10N4O3S2. The number of hydrogen-bond donors (Lipinski definition) is 1. The SMILES string of the molecule is Cc1nnc(N2CC(S(N)(=O)=O)CC2=O)s1. The number of aryl methyl sites for hydroxylation is 1. The van der Waals surface area contributed by atoms with Crippen LogP contribution in [-0.2, 0) is 14.8 Å². The number of aromatic nitrogens is 2. The van der Waals surface area contributed by atoms with E-state index in [1.54, 1.807) is 6.92 Å². The van der Waals surface area contributed by atoms with Crippen molar-refractivity contribution in [1.82, 2.24) is 10.2 Å². The van der Waals surface area contributed by atoms with Gasteiger partial charge in [-0.2, -0.15) is 0 Å². The minimum atomic E-state index is -3.68. The smallest absolute Gasteiger partial charge is 0.230 e. The summed E-state index contributed by atoms with van der Waals surface area (Å²) in [4.78, 5) is 12.9. The lowest BCUT2D eigenvalue weighted by Gasteiger charge is -2.10. The normalized spacial score (nSPS) is 21.8. The second kappa shape index (κ2) is 3.75. The summed E-state index contributed by atoms with van der Waals surface area (Å²) >= 11 is 1.25. The van der Waals surface area contributed by atoms with Gasteiger partial charge in [0.1, 0.15) is 10.3 Å². The molecular weight excluding hydrogens is 252 g/mol. The number of amides is 1. The third-order valence-corrected chi connectivity index (χ3v) is 4.41. The van der Waals surface area contributed by atoms with E-state index in [4.69, 9.17) is 5.14 Å². The molecule has 2 N–H and O–H groups in total. The van der Waals surface area contributed by atoms with E-state index in [9.17, 15) is 13.2 Å². The summed E-state index contributed by atoms with van der Waals surface area (Å²) in [5.41, 5.74) is 0. The Bertz CT molecular complexity index is 523. The number of anilines is 1. The number of nitrogens with zero attached hydrogens (tertiary/aromatic N) is 3. The average molecular weight is 262 g/mol. The summed E-state index contributed by atoms with van der Waals surface area (Å²) in [6.45, 7) is 1.82. The number of primary sulfonamides is 1. The zero-order valence-electron chi connectivity index (χ0n) is 8.45. The van der Waals surface area contributed by atoms with Crippen LogP contribution in [0, 0.1) is 6.92 Å². The van der Waals surface area contributed by atoms with Crippen LogP contribution < -0.4 is 10.0 Å². The van der Waals surface area contributed by atoms with E-state index in [-0.39, 0.29) is 18.9 Å². The average Bonchev–Trinajstić information content (AvgIpc) is 2.70. The van der Waals surface area contributed by atoms with Crippen molar-refractivity contribution in [3.8, 4) is 0 Å². The molecule has 1 fully saturated rings. The van der Waals surface area contributed by atoms with Gasteiger partial charge in [0.25, 0.3) is 0 Å². The molecule has 88 valence electrons. The Morgan fingerprint density at radius 2 is 2.19 bits per heavy atom. The van der Waals surface area contributed by atoms with E-state index in [1.165, 1.54) is 16.2 Å². The fourth-order valence-corrected chi connectivity index (χ4v) is 2.92. The van der Waals surface area contributed by atoms with E-state index in [0.717, 1.165) is 5.01 Å². The van der Waals surface area contributed by atoms with Gasteiger partial charge in [-0.1, -0.05) is 11.3 Å². The molecule has 0 radical (unpaired) electrons. The first-order valence-corrected chi connectivity index (χ1v) is 6.92. The first-order chi connectivity index (χ1) is 7.38. The number of nitrogens with two attached hydrogens (primary N) is 1. The van der Waals surface area contributed by atoms with Crippen LogP contribution in [0.25, 0.3) is 0 Å². The van der Waals surface area contributed by atoms with Crippen LogP contribution in [0.4, 0.5) is 5.13 Å². The fraction of sp³-hybridized carbons (Fsp3) is 0.571. The zero-order valence-corrected chi connectivity index (χ0v) is 10.1. The third kappa shape index (κ3) is 2.06. The number of sulfonamides is 1. The minimum absolute atomic E-state index is 0.0618. The number of carbonyl (C=O) groups excluding carboxylic acids is 1. The van der Waals surface area contributed by atoms with Crippen molar-refractivity contribution >= 4 is 32.4 Å². The summed E-state index contributed by atoms with van der Waals surface area (Å²) in [6.07, 6.45) is -0.0859. The molecule has 16 heavy (non-hydrogen) atoms. The van der Waals surface area contributed by atoms with Gasteiger partial charge in [-0.05, 0) is 6.92 Å². The number of hydrogen-bond acceptors (Lipinski definition) is 6. The molecule has 1 saturated heterocycles. The predicted molar refractivity (Wildman–Crippen MR) is 58.5 cm³/mol. The van der Waals surface area contributed by atoms with Crippen LogP contribution in [0.15, 0.2) is 0 Å². The molecule has 0 bridgehead atoms. The Hall–Kier alpha value is -1.06.